The number of fused-ring (bicyclic) bond motifs is 1. The Morgan fingerprint density at radius 2 is 1.75 bits per heavy atom. The summed E-state index contributed by atoms with van der Waals surface area (Å²) in [5.74, 6) is 1.21. The molecular weight excluding hydrogens is 457 g/mol. The largest absolute Gasteiger partial charge is 0.450 e. The molecule has 0 saturated heterocycles. The Balaban J connectivity index is 1.38. The predicted molar refractivity (Wildman–Crippen MR) is 117 cm³/mol. The van der Waals surface area contributed by atoms with Gasteiger partial charge in [0.2, 0.25) is 11.6 Å². The van der Waals surface area contributed by atoms with Crippen LogP contribution in [0.15, 0.2) is 71.5 Å². The van der Waals surface area contributed by atoms with Crippen molar-refractivity contribution < 1.29 is 14.2 Å². The number of benzene rings is 2. The van der Waals surface area contributed by atoms with E-state index in [1.165, 1.54) is 18.2 Å². The third-order valence-electron chi connectivity index (χ3n) is 4.55. The number of imidazole rings is 1. The van der Waals surface area contributed by atoms with Crippen LogP contribution < -0.4 is 4.74 Å². The molecule has 3 aromatic heterocycles. The molecule has 32 heavy (non-hydrogen) atoms. The van der Waals surface area contributed by atoms with Gasteiger partial charge >= 0.3 is 5.69 Å². The van der Waals surface area contributed by atoms with Crippen molar-refractivity contribution >= 4 is 34.5 Å². The first-order valence-corrected chi connectivity index (χ1v) is 9.92. The summed E-state index contributed by atoms with van der Waals surface area (Å²) in [7, 11) is 0. The number of pyridine rings is 1. The van der Waals surface area contributed by atoms with Gasteiger partial charge in [-0.15, -0.1) is 0 Å². The number of halogens is 2. The number of nitrogens with zero attached hydrogens (tertiary/aromatic N) is 5. The van der Waals surface area contributed by atoms with E-state index in [9.17, 15) is 10.1 Å². The predicted octanol–water partition coefficient (Wildman–Crippen LogP) is 6.06. The average Bonchev–Trinajstić information content (AvgIpc) is 3.41. The summed E-state index contributed by atoms with van der Waals surface area (Å²) in [6.45, 7) is 0. The number of rotatable bonds is 5. The topological polar surface area (TPSA) is 109 Å². The van der Waals surface area contributed by atoms with E-state index in [0.29, 0.717) is 33.8 Å². The maximum atomic E-state index is 11.2. The monoisotopic (exact) mass is 467 g/mol. The smallest absolute Gasteiger partial charge is 0.313 e. The molecule has 5 aromatic rings. The first-order chi connectivity index (χ1) is 15.5. The van der Waals surface area contributed by atoms with E-state index in [2.05, 4.69) is 15.1 Å². The Hall–Kier alpha value is -3.95. The van der Waals surface area contributed by atoms with Gasteiger partial charge in [-0.25, -0.2) is 4.98 Å². The summed E-state index contributed by atoms with van der Waals surface area (Å²) in [6.07, 6.45) is 3.49. The Morgan fingerprint density at radius 3 is 2.53 bits per heavy atom. The molecule has 0 atom stereocenters. The van der Waals surface area contributed by atoms with E-state index in [1.54, 1.807) is 47.1 Å². The van der Waals surface area contributed by atoms with Crippen LogP contribution in [0.5, 0.6) is 11.5 Å². The van der Waals surface area contributed by atoms with E-state index in [-0.39, 0.29) is 16.5 Å². The van der Waals surface area contributed by atoms with Crippen LogP contribution in [0.4, 0.5) is 5.69 Å². The molecule has 5 rings (SSSR count). The molecule has 0 unspecified atom stereocenters. The van der Waals surface area contributed by atoms with Gasteiger partial charge in [-0.1, -0.05) is 28.4 Å². The molecule has 0 aliphatic heterocycles. The van der Waals surface area contributed by atoms with Crippen molar-refractivity contribution in [3.05, 3.63) is 87.3 Å². The molecule has 0 amide bonds. The summed E-state index contributed by atoms with van der Waals surface area (Å²) in [5.41, 5.74) is 1.88. The minimum Gasteiger partial charge on any atom is -0.450 e. The zero-order valence-corrected chi connectivity index (χ0v) is 17.5. The minimum atomic E-state index is -0.551. The highest BCUT2D eigenvalue weighted by Gasteiger charge is 2.17. The van der Waals surface area contributed by atoms with Gasteiger partial charge in [-0.2, -0.15) is 4.98 Å². The number of nitro groups is 1. The fourth-order valence-electron chi connectivity index (χ4n) is 3.06. The summed E-state index contributed by atoms with van der Waals surface area (Å²) < 4.78 is 12.8. The van der Waals surface area contributed by atoms with Crippen LogP contribution in [-0.2, 0) is 0 Å². The van der Waals surface area contributed by atoms with Gasteiger partial charge in [0.05, 0.1) is 4.92 Å². The lowest BCUT2D eigenvalue weighted by Gasteiger charge is -2.06. The molecule has 0 spiro atoms. The van der Waals surface area contributed by atoms with Gasteiger partial charge < -0.3 is 13.7 Å². The number of hydrogen-bond acceptors (Lipinski definition) is 7. The lowest BCUT2D eigenvalue weighted by atomic mass is 10.2. The van der Waals surface area contributed by atoms with Gasteiger partial charge in [0.15, 0.2) is 0 Å². The molecule has 0 aliphatic rings. The second kappa shape index (κ2) is 7.95. The fraction of sp³-hybridized carbons (Fsp3) is 0. The third kappa shape index (κ3) is 3.86. The van der Waals surface area contributed by atoms with Crippen molar-refractivity contribution in [2.75, 3.05) is 0 Å². The number of nitro benzene ring substituents is 1. The Morgan fingerprint density at radius 1 is 0.969 bits per heavy atom. The van der Waals surface area contributed by atoms with Gasteiger partial charge in [0.1, 0.15) is 16.5 Å². The third-order valence-corrected chi connectivity index (χ3v) is 4.97. The number of ether oxygens (including phenoxy) is 1. The van der Waals surface area contributed by atoms with E-state index in [1.807, 2.05) is 6.07 Å². The van der Waals surface area contributed by atoms with Crippen molar-refractivity contribution in [1.29, 1.82) is 0 Å². The SMILES string of the molecule is O=[N+]([O-])c1cc(Cl)ccc1Oc1ccc(-c2nc(-c3ccc4nc(Cl)cn4c3)no2)cc1. The number of hydrogen-bond donors (Lipinski definition) is 0. The summed E-state index contributed by atoms with van der Waals surface area (Å²) >= 11 is 11.8. The zero-order valence-electron chi connectivity index (χ0n) is 16.0. The molecule has 0 aliphatic carbocycles. The quantitative estimate of drug-likeness (QED) is 0.228. The van der Waals surface area contributed by atoms with Crippen molar-refractivity contribution in [1.82, 2.24) is 19.5 Å². The molecule has 0 saturated carbocycles. The second-order valence-corrected chi connectivity index (χ2v) is 7.49. The van der Waals surface area contributed by atoms with Crippen LogP contribution in [0.2, 0.25) is 10.2 Å². The molecule has 3 heterocycles. The van der Waals surface area contributed by atoms with E-state index in [0.717, 1.165) is 5.56 Å². The maximum Gasteiger partial charge on any atom is 0.313 e. The molecule has 0 bridgehead atoms. The van der Waals surface area contributed by atoms with E-state index < -0.39 is 4.92 Å². The molecule has 11 heteroatoms. The van der Waals surface area contributed by atoms with Crippen LogP contribution in [0.25, 0.3) is 28.5 Å². The van der Waals surface area contributed by atoms with Crippen molar-refractivity contribution in [2.45, 2.75) is 0 Å². The van der Waals surface area contributed by atoms with Crippen LogP contribution >= 0.6 is 23.2 Å². The maximum absolute atomic E-state index is 11.2. The van der Waals surface area contributed by atoms with Gasteiger partial charge in [0.25, 0.3) is 5.89 Å². The molecule has 9 nitrogen and oxygen atoms in total. The van der Waals surface area contributed by atoms with Gasteiger partial charge in [-0.05, 0) is 48.5 Å². The highest BCUT2D eigenvalue weighted by atomic mass is 35.5. The Bertz CT molecular complexity index is 1460. The fourth-order valence-corrected chi connectivity index (χ4v) is 3.42. The molecule has 0 N–H and O–H groups in total. The highest BCUT2D eigenvalue weighted by Crippen LogP contribution is 2.34. The first kappa shape index (κ1) is 20.0. The lowest BCUT2D eigenvalue weighted by Crippen LogP contribution is -1.93. The summed E-state index contributed by atoms with van der Waals surface area (Å²) in [5, 5.41) is 15.9. The van der Waals surface area contributed by atoms with Gasteiger partial charge in [0, 0.05) is 34.6 Å². The summed E-state index contributed by atoms with van der Waals surface area (Å²) in [6, 6.07) is 14.6. The van der Waals surface area contributed by atoms with Crippen molar-refractivity contribution in [2.24, 2.45) is 0 Å². The number of aromatic nitrogens is 4. The van der Waals surface area contributed by atoms with Crippen molar-refractivity contribution in [3.63, 3.8) is 0 Å². The first-order valence-electron chi connectivity index (χ1n) is 9.17. The Labute approximate surface area is 189 Å². The second-order valence-electron chi connectivity index (χ2n) is 6.67. The highest BCUT2D eigenvalue weighted by molar-refractivity contribution is 6.30. The van der Waals surface area contributed by atoms with Crippen LogP contribution in [-0.4, -0.2) is 24.4 Å². The van der Waals surface area contributed by atoms with Crippen LogP contribution in [0.3, 0.4) is 0 Å². The molecular formula is C21H11Cl2N5O4. The van der Waals surface area contributed by atoms with Crippen LogP contribution in [0, 0.1) is 10.1 Å². The standard InChI is InChI=1S/C21H11Cl2N5O4/c22-14-4-7-17(16(9-14)28(29)30)31-15-5-1-12(2-6-15)21-25-20(26-32-21)13-3-8-19-24-18(23)11-27(19)10-13/h1-11H. The molecule has 0 fully saturated rings. The zero-order chi connectivity index (χ0) is 22.2. The van der Waals surface area contributed by atoms with E-state index >= 15 is 0 Å². The molecule has 0 radical (unpaired) electrons. The lowest BCUT2D eigenvalue weighted by molar-refractivity contribution is -0.385. The molecule has 2 aromatic carbocycles. The normalized spacial score (nSPS) is 11.1. The Kier molecular flexibility index (Phi) is 4.96. The minimum absolute atomic E-state index is 0.0854. The molecule has 158 valence electrons. The van der Waals surface area contributed by atoms with E-state index in [4.69, 9.17) is 32.5 Å². The van der Waals surface area contributed by atoms with Crippen LogP contribution in [0.1, 0.15) is 0 Å². The van der Waals surface area contributed by atoms with Gasteiger partial charge in [-0.3, -0.25) is 10.1 Å². The summed E-state index contributed by atoms with van der Waals surface area (Å²) in [4.78, 5) is 19.3. The average molecular weight is 468 g/mol. The van der Waals surface area contributed by atoms with Crippen molar-refractivity contribution in [3.8, 4) is 34.3 Å².